The summed E-state index contributed by atoms with van der Waals surface area (Å²) >= 11 is 3.51. The Kier molecular flexibility index (Phi) is 4.98. The van der Waals surface area contributed by atoms with Gasteiger partial charge in [-0.15, -0.1) is 0 Å². The van der Waals surface area contributed by atoms with E-state index in [9.17, 15) is 0 Å². The lowest BCUT2D eigenvalue weighted by molar-refractivity contribution is -0.0716. The van der Waals surface area contributed by atoms with Crippen molar-refractivity contribution in [1.29, 1.82) is 0 Å². The first-order valence-electron chi connectivity index (χ1n) is 5.93. The zero-order chi connectivity index (χ0) is 12.1. The van der Waals surface area contributed by atoms with Crippen LogP contribution in [0.25, 0.3) is 0 Å². The van der Waals surface area contributed by atoms with Crippen molar-refractivity contribution in [2.75, 3.05) is 19.7 Å². The first-order chi connectivity index (χ1) is 8.25. The fraction of sp³-hybridized carbons (Fsp3) is 0.538. The summed E-state index contributed by atoms with van der Waals surface area (Å²) in [6.45, 7) is 5.14. The molecule has 2 unspecified atom stereocenters. The van der Waals surface area contributed by atoms with E-state index < -0.39 is 0 Å². The summed E-state index contributed by atoms with van der Waals surface area (Å²) in [6.07, 6.45) is 0.446. The molecule has 1 fully saturated rings. The van der Waals surface area contributed by atoms with E-state index in [1.807, 2.05) is 18.2 Å². The van der Waals surface area contributed by atoms with Gasteiger partial charge in [0.05, 0.1) is 25.4 Å². The average molecular weight is 300 g/mol. The van der Waals surface area contributed by atoms with Crippen LogP contribution in [0.4, 0.5) is 0 Å². The van der Waals surface area contributed by atoms with Crippen LogP contribution in [0, 0.1) is 0 Å². The van der Waals surface area contributed by atoms with Gasteiger partial charge in [-0.05, 0) is 18.6 Å². The Morgan fingerprint density at radius 1 is 1.41 bits per heavy atom. The highest BCUT2D eigenvalue weighted by Gasteiger charge is 2.18. The quantitative estimate of drug-likeness (QED) is 0.926. The summed E-state index contributed by atoms with van der Waals surface area (Å²) < 4.78 is 12.5. The zero-order valence-electron chi connectivity index (χ0n) is 9.99. The Bertz CT molecular complexity index is 359. The summed E-state index contributed by atoms with van der Waals surface area (Å²) in [5.41, 5.74) is 1.17. The van der Waals surface area contributed by atoms with Crippen LogP contribution in [0.3, 0.4) is 0 Å². The molecule has 0 aliphatic carbocycles. The molecule has 17 heavy (non-hydrogen) atoms. The molecule has 0 spiro atoms. The van der Waals surface area contributed by atoms with Crippen molar-refractivity contribution in [1.82, 2.24) is 5.32 Å². The molecular formula is C13H18BrNO2. The summed E-state index contributed by atoms with van der Waals surface area (Å²) in [7, 11) is 0. The van der Waals surface area contributed by atoms with E-state index in [2.05, 4.69) is 34.2 Å². The second-order valence-electron chi connectivity index (χ2n) is 4.33. The Labute approximate surface area is 111 Å². The van der Waals surface area contributed by atoms with E-state index in [0.29, 0.717) is 13.2 Å². The van der Waals surface area contributed by atoms with Crippen molar-refractivity contribution < 1.29 is 9.47 Å². The highest BCUT2D eigenvalue weighted by Crippen LogP contribution is 2.16. The lowest BCUT2D eigenvalue weighted by Gasteiger charge is -2.28. The van der Waals surface area contributed by atoms with Gasteiger partial charge < -0.3 is 14.8 Å². The van der Waals surface area contributed by atoms with Crippen molar-refractivity contribution in [2.45, 2.75) is 25.7 Å². The number of morpholine rings is 1. The molecule has 0 bridgehead atoms. The Hall–Kier alpha value is -0.420. The molecule has 1 N–H and O–H groups in total. The third-order valence-corrected chi connectivity index (χ3v) is 3.52. The van der Waals surface area contributed by atoms with E-state index in [-0.39, 0.29) is 12.2 Å². The number of benzene rings is 1. The van der Waals surface area contributed by atoms with Crippen molar-refractivity contribution in [3.63, 3.8) is 0 Å². The molecule has 0 saturated carbocycles. The van der Waals surface area contributed by atoms with Crippen molar-refractivity contribution >= 4 is 15.9 Å². The van der Waals surface area contributed by atoms with Crippen molar-refractivity contribution in [2.24, 2.45) is 0 Å². The van der Waals surface area contributed by atoms with Crippen LogP contribution < -0.4 is 5.32 Å². The van der Waals surface area contributed by atoms with E-state index in [1.165, 1.54) is 5.56 Å². The predicted octanol–water partition coefficient (Wildman–Crippen LogP) is 2.34. The minimum absolute atomic E-state index is 0.168. The molecule has 4 heteroatoms. The Morgan fingerprint density at radius 2 is 2.24 bits per heavy atom. The van der Waals surface area contributed by atoms with Crippen LogP contribution in [0.2, 0.25) is 0 Å². The van der Waals surface area contributed by atoms with Crippen LogP contribution in [-0.4, -0.2) is 31.9 Å². The largest absolute Gasteiger partial charge is 0.374 e. The third-order valence-electron chi connectivity index (χ3n) is 2.75. The second-order valence-corrected chi connectivity index (χ2v) is 5.19. The van der Waals surface area contributed by atoms with Crippen molar-refractivity contribution in [3.8, 4) is 0 Å². The van der Waals surface area contributed by atoms with Gasteiger partial charge in [0.2, 0.25) is 0 Å². The first-order valence-corrected chi connectivity index (χ1v) is 6.72. The maximum atomic E-state index is 5.76. The van der Waals surface area contributed by atoms with E-state index in [4.69, 9.17) is 9.47 Å². The molecule has 0 amide bonds. The molecule has 0 radical (unpaired) electrons. The lowest BCUT2D eigenvalue weighted by atomic mass is 10.2. The number of halogens is 1. The summed E-state index contributed by atoms with van der Waals surface area (Å²) in [5, 5.41) is 3.33. The third kappa shape index (κ3) is 4.07. The maximum Gasteiger partial charge on any atom is 0.0936 e. The average Bonchev–Trinajstić information content (AvgIpc) is 2.32. The van der Waals surface area contributed by atoms with Gasteiger partial charge in [-0.1, -0.05) is 34.1 Å². The molecule has 2 atom stereocenters. The van der Waals surface area contributed by atoms with Gasteiger partial charge >= 0.3 is 0 Å². The number of hydrogen-bond acceptors (Lipinski definition) is 3. The van der Waals surface area contributed by atoms with Gasteiger partial charge in [0, 0.05) is 17.6 Å². The monoisotopic (exact) mass is 299 g/mol. The van der Waals surface area contributed by atoms with Gasteiger partial charge in [-0.3, -0.25) is 0 Å². The van der Waals surface area contributed by atoms with Gasteiger partial charge in [0.1, 0.15) is 0 Å². The number of rotatable bonds is 4. The predicted molar refractivity (Wildman–Crippen MR) is 71.0 cm³/mol. The molecule has 1 aliphatic rings. The molecule has 0 aromatic heterocycles. The first kappa shape index (κ1) is 13.0. The molecule has 1 aromatic carbocycles. The summed E-state index contributed by atoms with van der Waals surface area (Å²) in [4.78, 5) is 0. The SMILES string of the molecule is CC1CNCC(COCc2ccccc2Br)O1. The number of nitrogens with one attached hydrogen (secondary N) is 1. The zero-order valence-corrected chi connectivity index (χ0v) is 11.6. The molecule has 2 rings (SSSR count). The fourth-order valence-electron chi connectivity index (χ4n) is 1.89. The smallest absolute Gasteiger partial charge is 0.0936 e. The van der Waals surface area contributed by atoms with Crippen molar-refractivity contribution in [3.05, 3.63) is 34.3 Å². The lowest BCUT2D eigenvalue weighted by Crippen LogP contribution is -2.45. The van der Waals surface area contributed by atoms with Gasteiger partial charge in [-0.2, -0.15) is 0 Å². The van der Waals surface area contributed by atoms with E-state index >= 15 is 0 Å². The van der Waals surface area contributed by atoms with Crippen LogP contribution in [0.15, 0.2) is 28.7 Å². The molecule has 1 aliphatic heterocycles. The van der Waals surface area contributed by atoms with Crippen LogP contribution in [0.1, 0.15) is 12.5 Å². The van der Waals surface area contributed by atoms with E-state index in [1.54, 1.807) is 0 Å². The highest BCUT2D eigenvalue weighted by molar-refractivity contribution is 9.10. The molecular weight excluding hydrogens is 282 g/mol. The minimum Gasteiger partial charge on any atom is -0.374 e. The topological polar surface area (TPSA) is 30.5 Å². The second kappa shape index (κ2) is 6.50. The number of ether oxygens (including phenoxy) is 2. The standard InChI is InChI=1S/C13H18BrNO2/c1-10-6-15-7-12(17-10)9-16-8-11-4-2-3-5-13(11)14/h2-5,10,12,15H,6-9H2,1H3. The Balaban J connectivity index is 1.74. The summed E-state index contributed by atoms with van der Waals surface area (Å²) in [6, 6.07) is 8.11. The minimum atomic E-state index is 0.168. The number of hydrogen-bond donors (Lipinski definition) is 1. The highest BCUT2D eigenvalue weighted by atomic mass is 79.9. The van der Waals surface area contributed by atoms with Gasteiger partial charge in [-0.25, -0.2) is 0 Å². The summed E-state index contributed by atoms with van der Waals surface area (Å²) in [5.74, 6) is 0. The molecule has 1 heterocycles. The molecule has 3 nitrogen and oxygen atoms in total. The Morgan fingerprint density at radius 3 is 3.00 bits per heavy atom. The normalized spacial score (nSPS) is 24.8. The van der Waals surface area contributed by atoms with Crippen LogP contribution in [0.5, 0.6) is 0 Å². The van der Waals surface area contributed by atoms with Gasteiger partial charge in [0.25, 0.3) is 0 Å². The molecule has 1 aromatic rings. The van der Waals surface area contributed by atoms with Crippen LogP contribution >= 0.6 is 15.9 Å². The maximum absolute atomic E-state index is 5.76. The van der Waals surface area contributed by atoms with Gasteiger partial charge in [0.15, 0.2) is 0 Å². The molecule has 94 valence electrons. The van der Waals surface area contributed by atoms with Crippen LogP contribution in [-0.2, 0) is 16.1 Å². The fourth-order valence-corrected chi connectivity index (χ4v) is 2.29. The molecule has 1 saturated heterocycles. The van der Waals surface area contributed by atoms with E-state index in [0.717, 1.165) is 17.6 Å².